The number of amides is 1. The largest absolute Gasteiger partial charge is 0.437 e. The minimum Gasteiger partial charge on any atom is -0.437 e. The number of hydrogen-bond donors (Lipinski definition) is 0. The van der Waals surface area contributed by atoms with Crippen LogP contribution in [0.2, 0.25) is 5.02 Å². The van der Waals surface area contributed by atoms with E-state index in [0.717, 1.165) is 38.6 Å². The van der Waals surface area contributed by atoms with Crippen molar-refractivity contribution in [1.82, 2.24) is 14.8 Å². The lowest BCUT2D eigenvalue weighted by molar-refractivity contribution is 0.0749. The quantitative estimate of drug-likeness (QED) is 0.790. The molecule has 0 bridgehead atoms. The fraction of sp³-hybridized carbons (Fsp3) is 0.429. The molecule has 4 rings (SSSR count). The highest BCUT2D eigenvalue weighted by Gasteiger charge is 2.28. The van der Waals surface area contributed by atoms with Crippen LogP contribution in [0.4, 0.5) is 0 Å². The van der Waals surface area contributed by atoms with Gasteiger partial charge in [0, 0.05) is 44.5 Å². The van der Waals surface area contributed by atoms with Gasteiger partial charge < -0.3 is 9.64 Å². The fourth-order valence-electron chi connectivity index (χ4n) is 3.65. The number of nitrogens with zero attached hydrogens (tertiary/aromatic N) is 3. The first-order chi connectivity index (χ1) is 13.2. The molecule has 1 aromatic carbocycles. The maximum Gasteiger partial charge on any atom is 0.255 e. The maximum atomic E-state index is 12.8. The smallest absolute Gasteiger partial charge is 0.255 e. The lowest BCUT2D eigenvalue weighted by Gasteiger charge is -2.36. The first-order valence-electron chi connectivity index (χ1n) is 9.62. The molecule has 2 aromatic rings. The Morgan fingerprint density at radius 1 is 1.04 bits per heavy atom. The topological polar surface area (TPSA) is 45.7 Å². The molecule has 5 nitrogen and oxygen atoms in total. The molecule has 2 heterocycles. The van der Waals surface area contributed by atoms with Gasteiger partial charge in [0.2, 0.25) is 5.88 Å². The van der Waals surface area contributed by atoms with Crippen LogP contribution in [0.25, 0.3) is 0 Å². The summed E-state index contributed by atoms with van der Waals surface area (Å²) in [6, 6.07) is 11.5. The van der Waals surface area contributed by atoms with Crippen LogP contribution >= 0.6 is 11.6 Å². The molecule has 1 amide bonds. The second kappa shape index (κ2) is 8.28. The van der Waals surface area contributed by atoms with Gasteiger partial charge in [0.15, 0.2) is 0 Å². The van der Waals surface area contributed by atoms with E-state index in [4.69, 9.17) is 16.3 Å². The van der Waals surface area contributed by atoms with Crippen LogP contribution in [-0.2, 0) is 0 Å². The molecule has 6 heteroatoms. The molecule has 0 unspecified atom stereocenters. The van der Waals surface area contributed by atoms with E-state index < -0.39 is 0 Å². The second-order valence-electron chi connectivity index (χ2n) is 7.18. The summed E-state index contributed by atoms with van der Waals surface area (Å²) in [5.41, 5.74) is 0.596. The predicted molar refractivity (Wildman–Crippen MR) is 105 cm³/mol. The van der Waals surface area contributed by atoms with Crippen molar-refractivity contribution < 1.29 is 9.53 Å². The Hall–Kier alpha value is -2.11. The minimum atomic E-state index is 0.0438. The van der Waals surface area contributed by atoms with E-state index in [1.165, 1.54) is 19.3 Å². The van der Waals surface area contributed by atoms with Crippen molar-refractivity contribution in [2.75, 3.05) is 26.2 Å². The maximum absolute atomic E-state index is 12.8. The molecular weight excluding hydrogens is 362 g/mol. The monoisotopic (exact) mass is 385 g/mol. The van der Waals surface area contributed by atoms with E-state index in [1.807, 2.05) is 17.0 Å². The normalized spacial score (nSPS) is 18.6. The molecule has 2 aliphatic rings. The van der Waals surface area contributed by atoms with Gasteiger partial charge in [0.1, 0.15) is 5.75 Å². The van der Waals surface area contributed by atoms with Gasteiger partial charge in [-0.05, 0) is 37.5 Å². The molecular formula is C21H24ClN3O2. The molecule has 1 saturated heterocycles. The van der Waals surface area contributed by atoms with Gasteiger partial charge in [-0.1, -0.05) is 30.2 Å². The van der Waals surface area contributed by atoms with E-state index in [1.54, 1.807) is 30.5 Å². The van der Waals surface area contributed by atoms with Crippen LogP contribution in [0.1, 0.15) is 36.0 Å². The number of rotatable bonds is 4. The number of para-hydroxylation sites is 1. The van der Waals surface area contributed by atoms with Crippen LogP contribution < -0.4 is 4.74 Å². The van der Waals surface area contributed by atoms with Gasteiger partial charge in [-0.3, -0.25) is 9.69 Å². The van der Waals surface area contributed by atoms with Gasteiger partial charge in [-0.25, -0.2) is 4.98 Å². The summed E-state index contributed by atoms with van der Waals surface area (Å²) >= 11 is 6.10. The van der Waals surface area contributed by atoms with Crippen molar-refractivity contribution >= 4 is 17.5 Å². The summed E-state index contributed by atoms with van der Waals surface area (Å²) in [6.45, 7) is 3.65. The van der Waals surface area contributed by atoms with E-state index >= 15 is 0 Å². The van der Waals surface area contributed by atoms with Gasteiger partial charge >= 0.3 is 0 Å². The molecule has 0 atom stereocenters. The third-order valence-electron chi connectivity index (χ3n) is 5.44. The summed E-state index contributed by atoms with van der Waals surface area (Å²) in [5, 5.41) is 0.528. The van der Waals surface area contributed by atoms with Crippen LogP contribution in [0.5, 0.6) is 11.6 Å². The molecule has 0 radical (unpaired) electrons. The molecule has 1 saturated carbocycles. The Morgan fingerprint density at radius 3 is 2.59 bits per heavy atom. The van der Waals surface area contributed by atoms with Gasteiger partial charge in [0.05, 0.1) is 10.6 Å². The lowest BCUT2D eigenvalue weighted by atomic mass is 9.91. The third kappa shape index (κ3) is 4.25. The average molecular weight is 386 g/mol. The van der Waals surface area contributed by atoms with Crippen molar-refractivity contribution in [2.24, 2.45) is 0 Å². The van der Waals surface area contributed by atoms with Crippen molar-refractivity contribution in [2.45, 2.75) is 31.7 Å². The van der Waals surface area contributed by atoms with Crippen molar-refractivity contribution in [3.8, 4) is 11.6 Å². The number of ether oxygens (including phenoxy) is 1. The van der Waals surface area contributed by atoms with E-state index in [9.17, 15) is 4.79 Å². The summed E-state index contributed by atoms with van der Waals surface area (Å²) in [5.74, 6) is 1.02. The first kappa shape index (κ1) is 18.3. The summed E-state index contributed by atoms with van der Waals surface area (Å²) < 4.78 is 5.69. The van der Waals surface area contributed by atoms with Crippen molar-refractivity contribution in [3.63, 3.8) is 0 Å². The molecule has 1 aromatic heterocycles. The Labute approximate surface area is 164 Å². The fourth-order valence-corrected chi connectivity index (χ4v) is 3.82. The second-order valence-corrected chi connectivity index (χ2v) is 7.59. The Morgan fingerprint density at radius 2 is 1.89 bits per heavy atom. The number of carbonyl (C=O) groups excluding carboxylic acids is 1. The zero-order valence-corrected chi connectivity index (χ0v) is 16.1. The zero-order valence-electron chi connectivity index (χ0n) is 15.3. The number of aromatic nitrogens is 1. The number of hydrogen-bond acceptors (Lipinski definition) is 4. The minimum absolute atomic E-state index is 0.0438. The molecule has 1 aliphatic carbocycles. The highest BCUT2D eigenvalue weighted by Crippen LogP contribution is 2.28. The first-order valence-corrected chi connectivity index (χ1v) is 10.0. The molecule has 27 heavy (non-hydrogen) atoms. The Balaban J connectivity index is 1.38. The van der Waals surface area contributed by atoms with Gasteiger partial charge in [-0.15, -0.1) is 0 Å². The SMILES string of the molecule is O=C(c1ccc(Oc2ccccc2Cl)nc1)N1CCCN(C2CCC2)CC1. The van der Waals surface area contributed by atoms with Crippen LogP contribution in [0, 0.1) is 0 Å². The molecule has 0 N–H and O–H groups in total. The summed E-state index contributed by atoms with van der Waals surface area (Å²) in [7, 11) is 0. The highest BCUT2D eigenvalue weighted by molar-refractivity contribution is 6.32. The lowest BCUT2D eigenvalue weighted by Crippen LogP contribution is -2.42. The summed E-state index contributed by atoms with van der Waals surface area (Å²) in [4.78, 5) is 21.6. The molecule has 2 fully saturated rings. The molecule has 1 aliphatic heterocycles. The number of benzene rings is 1. The van der Waals surface area contributed by atoms with Crippen LogP contribution in [-0.4, -0.2) is 52.9 Å². The predicted octanol–water partition coefficient (Wildman–Crippen LogP) is 4.23. The Bertz CT molecular complexity index is 792. The van der Waals surface area contributed by atoms with Crippen LogP contribution in [0.3, 0.4) is 0 Å². The Kier molecular flexibility index (Phi) is 5.60. The zero-order chi connectivity index (χ0) is 18.6. The van der Waals surface area contributed by atoms with Crippen LogP contribution in [0.15, 0.2) is 42.6 Å². The van der Waals surface area contributed by atoms with Crippen molar-refractivity contribution in [1.29, 1.82) is 0 Å². The number of halogens is 1. The van der Waals surface area contributed by atoms with E-state index in [0.29, 0.717) is 22.2 Å². The summed E-state index contributed by atoms with van der Waals surface area (Å²) in [6.07, 6.45) is 6.58. The third-order valence-corrected chi connectivity index (χ3v) is 5.76. The van der Waals surface area contributed by atoms with Gasteiger partial charge in [-0.2, -0.15) is 0 Å². The number of carbonyl (C=O) groups is 1. The van der Waals surface area contributed by atoms with Gasteiger partial charge in [0.25, 0.3) is 5.91 Å². The average Bonchev–Trinajstić information content (AvgIpc) is 2.88. The standard InChI is InChI=1S/C21H24ClN3O2/c22-18-7-1-2-8-19(18)27-20-10-9-16(15-23-20)21(26)25-12-4-11-24(13-14-25)17-5-3-6-17/h1-2,7-10,15,17H,3-6,11-14H2. The van der Waals surface area contributed by atoms with E-state index in [2.05, 4.69) is 9.88 Å². The molecule has 0 spiro atoms. The highest BCUT2D eigenvalue weighted by atomic mass is 35.5. The number of pyridine rings is 1. The molecule has 142 valence electrons. The van der Waals surface area contributed by atoms with E-state index in [-0.39, 0.29) is 5.91 Å². The van der Waals surface area contributed by atoms with Crippen molar-refractivity contribution in [3.05, 3.63) is 53.2 Å².